The van der Waals surface area contributed by atoms with E-state index in [-0.39, 0.29) is 19.6 Å². The van der Waals surface area contributed by atoms with Crippen LogP contribution in [0.4, 0.5) is 13.6 Å². The molecule has 1 aliphatic heterocycles. The van der Waals surface area contributed by atoms with Gasteiger partial charge in [0.05, 0.1) is 13.2 Å². The van der Waals surface area contributed by atoms with Gasteiger partial charge in [0.2, 0.25) is 0 Å². The minimum absolute atomic E-state index is 0.0276. The van der Waals surface area contributed by atoms with Crippen molar-refractivity contribution in [2.75, 3.05) is 19.7 Å². The van der Waals surface area contributed by atoms with Crippen LogP contribution in [0.5, 0.6) is 0 Å². The number of carbonyl (C=O) groups is 2. The zero-order valence-corrected chi connectivity index (χ0v) is 13.2. The molecular formula is C14H23F2NO4. The van der Waals surface area contributed by atoms with E-state index < -0.39 is 35.5 Å². The molecular weight excluding hydrogens is 284 g/mol. The van der Waals surface area contributed by atoms with Crippen molar-refractivity contribution in [1.82, 2.24) is 4.90 Å². The number of esters is 1. The van der Waals surface area contributed by atoms with E-state index in [4.69, 9.17) is 9.47 Å². The number of piperidine rings is 1. The molecule has 0 radical (unpaired) electrons. The second-order valence-electron chi connectivity index (χ2n) is 6.41. The lowest BCUT2D eigenvalue weighted by atomic mass is 9.77. The van der Waals surface area contributed by atoms with E-state index in [1.54, 1.807) is 27.7 Å². The van der Waals surface area contributed by atoms with Gasteiger partial charge in [-0.05, 0) is 41.0 Å². The zero-order chi connectivity index (χ0) is 16.5. The van der Waals surface area contributed by atoms with Crippen molar-refractivity contribution in [3.63, 3.8) is 0 Å². The number of halogens is 2. The van der Waals surface area contributed by atoms with Crippen molar-refractivity contribution in [2.24, 2.45) is 5.41 Å². The summed E-state index contributed by atoms with van der Waals surface area (Å²) in [5.41, 5.74) is -2.67. The Morgan fingerprint density at radius 3 is 2.29 bits per heavy atom. The first-order chi connectivity index (χ1) is 9.43. The van der Waals surface area contributed by atoms with Crippen molar-refractivity contribution in [3.05, 3.63) is 0 Å². The lowest BCUT2D eigenvalue weighted by Crippen LogP contribution is -2.59. The number of amides is 1. The third-order valence-corrected chi connectivity index (χ3v) is 3.46. The molecule has 0 aromatic rings. The fourth-order valence-electron chi connectivity index (χ4n) is 2.06. The van der Waals surface area contributed by atoms with E-state index in [1.165, 1.54) is 6.92 Å². The van der Waals surface area contributed by atoms with Gasteiger partial charge in [-0.2, -0.15) is 0 Å². The molecule has 1 rings (SSSR count). The molecule has 0 spiro atoms. The van der Waals surface area contributed by atoms with Crippen LogP contribution in [-0.4, -0.2) is 48.2 Å². The van der Waals surface area contributed by atoms with Gasteiger partial charge in [0.15, 0.2) is 0 Å². The molecule has 1 fully saturated rings. The Bertz CT molecular complexity index is 420. The summed E-state index contributed by atoms with van der Waals surface area (Å²) in [5.74, 6) is -4.30. The highest BCUT2D eigenvalue weighted by Crippen LogP contribution is 2.44. The van der Waals surface area contributed by atoms with E-state index in [0.29, 0.717) is 0 Å². The molecule has 0 aliphatic carbocycles. The van der Waals surface area contributed by atoms with Crippen LogP contribution >= 0.6 is 0 Å². The highest BCUT2D eigenvalue weighted by Gasteiger charge is 2.60. The smallest absolute Gasteiger partial charge is 0.410 e. The Balaban J connectivity index is 2.83. The van der Waals surface area contributed by atoms with Gasteiger partial charge in [-0.1, -0.05) is 0 Å². The molecule has 0 bridgehead atoms. The molecule has 0 saturated carbocycles. The average Bonchev–Trinajstić information content (AvgIpc) is 2.30. The molecule has 122 valence electrons. The zero-order valence-electron chi connectivity index (χ0n) is 13.2. The first kappa shape index (κ1) is 17.7. The van der Waals surface area contributed by atoms with Gasteiger partial charge in [-0.3, -0.25) is 4.79 Å². The molecule has 0 unspecified atom stereocenters. The summed E-state index contributed by atoms with van der Waals surface area (Å²) in [6.45, 7) is 6.95. The van der Waals surface area contributed by atoms with E-state index in [0.717, 1.165) is 4.90 Å². The largest absolute Gasteiger partial charge is 0.465 e. The maximum Gasteiger partial charge on any atom is 0.410 e. The molecule has 0 N–H and O–H groups in total. The van der Waals surface area contributed by atoms with E-state index >= 15 is 0 Å². The van der Waals surface area contributed by atoms with Gasteiger partial charge in [0, 0.05) is 6.54 Å². The first-order valence-corrected chi connectivity index (χ1v) is 6.96. The van der Waals surface area contributed by atoms with Crippen LogP contribution in [0.15, 0.2) is 0 Å². The summed E-state index contributed by atoms with van der Waals surface area (Å²) < 4.78 is 38.5. The summed E-state index contributed by atoms with van der Waals surface area (Å²) >= 11 is 0. The lowest BCUT2D eigenvalue weighted by Gasteiger charge is -2.43. The molecule has 21 heavy (non-hydrogen) atoms. The number of alkyl halides is 2. The van der Waals surface area contributed by atoms with Crippen molar-refractivity contribution in [3.8, 4) is 0 Å². The normalized spacial score (nSPS) is 25.4. The number of hydrogen-bond acceptors (Lipinski definition) is 4. The van der Waals surface area contributed by atoms with Crippen molar-refractivity contribution in [1.29, 1.82) is 0 Å². The summed E-state index contributed by atoms with van der Waals surface area (Å²) in [7, 11) is 0. The second-order valence-corrected chi connectivity index (χ2v) is 6.41. The van der Waals surface area contributed by atoms with Gasteiger partial charge in [-0.25, -0.2) is 13.6 Å². The predicted molar refractivity (Wildman–Crippen MR) is 72.1 cm³/mol. The van der Waals surface area contributed by atoms with Crippen LogP contribution in [0.2, 0.25) is 0 Å². The maximum absolute atomic E-state index is 14.3. The molecule has 1 atom stereocenters. The van der Waals surface area contributed by atoms with Crippen LogP contribution in [-0.2, 0) is 14.3 Å². The van der Waals surface area contributed by atoms with Crippen LogP contribution in [0.3, 0.4) is 0 Å². The second kappa shape index (κ2) is 5.77. The Morgan fingerprint density at radius 2 is 1.86 bits per heavy atom. The van der Waals surface area contributed by atoms with Gasteiger partial charge in [0.25, 0.3) is 5.92 Å². The number of nitrogens with zero attached hydrogens (tertiary/aromatic N) is 1. The number of carbonyl (C=O) groups excluding carboxylic acids is 2. The standard InChI is InChI=1S/C14H23F2NO4/c1-6-20-10(18)13(5)7-8-17(9-14(13,15)16)11(19)21-12(2,3)4/h6-9H2,1-5H3/t13-/m1/s1. The Kier molecular flexibility index (Phi) is 4.85. The third-order valence-electron chi connectivity index (χ3n) is 3.46. The molecule has 1 aliphatic rings. The highest BCUT2D eigenvalue weighted by molar-refractivity contribution is 5.78. The fraction of sp³-hybridized carbons (Fsp3) is 0.857. The summed E-state index contributed by atoms with van der Waals surface area (Å²) in [4.78, 5) is 24.6. The minimum Gasteiger partial charge on any atom is -0.465 e. The Morgan fingerprint density at radius 1 is 1.29 bits per heavy atom. The van der Waals surface area contributed by atoms with Crippen LogP contribution < -0.4 is 0 Å². The number of hydrogen-bond donors (Lipinski definition) is 0. The summed E-state index contributed by atoms with van der Waals surface area (Å²) in [6, 6.07) is 0. The topological polar surface area (TPSA) is 55.8 Å². The molecule has 1 saturated heterocycles. The van der Waals surface area contributed by atoms with Crippen molar-refractivity contribution in [2.45, 2.75) is 52.6 Å². The fourth-order valence-corrected chi connectivity index (χ4v) is 2.06. The van der Waals surface area contributed by atoms with Crippen molar-refractivity contribution >= 4 is 12.1 Å². The van der Waals surface area contributed by atoms with Gasteiger partial charge >= 0.3 is 12.1 Å². The van der Waals surface area contributed by atoms with Crippen LogP contribution in [0, 0.1) is 5.41 Å². The molecule has 0 aromatic heterocycles. The van der Waals surface area contributed by atoms with E-state index in [2.05, 4.69) is 0 Å². The minimum atomic E-state index is -3.37. The SMILES string of the molecule is CCOC(=O)[C@@]1(C)CCN(C(=O)OC(C)(C)C)CC1(F)F. The van der Waals surface area contributed by atoms with Crippen LogP contribution in [0.1, 0.15) is 41.0 Å². The van der Waals surface area contributed by atoms with E-state index in [1.807, 2.05) is 0 Å². The highest BCUT2D eigenvalue weighted by atomic mass is 19.3. The van der Waals surface area contributed by atoms with Crippen molar-refractivity contribution < 1.29 is 27.8 Å². The van der Waals surface area contributed by atoms with Gasteiger partial charge < -0.3 is 14.4 Å². The van der Waals surface area contributed by atoms with Crippen LogP contribution in [0.25, 0.3) is 0 Å². The lowest BCUT2D eigenvalue weighted by molar-refractivity contribution is -0.196. The Labute approximate surface area is 123 Å². The van der Waals surface area contributed by atoms with Gasteiger partial charge in [0.1, 0.15) is 11.0 Å². The number of ether oxygens (including phenoxy) is 2. The molecule has 5 nitrogen and oxygen atoms in total. The molecule has 7 heteroatoms. The molecule has 1 amide bonds. The maximum atomic E-state index is 14.3. The predicted octanol–water partition coefficient (Wildman–Crippen LogP) is 2.83. The number of likely N-dealkylation sites (tertiary alicyclic amines) is 1. The monoisotopic (exact) mass is 307 g/mol. The average molecular weight is 307 g/mol. The molecule has 1 heterocycles. The van der Waals surface area contributed by atoms with Gasteiger partial charge in [-0.15, -0.1) is 0 Å². The van der Waals surface area contributed by atoms with E-state index in [9.17, 15) is 18.4 Å². The summed E-state index contributed by atoms with van der Waals surface area (Å²) in [6.07, 6.45) is -0.967. The number of rotatable bonds is 2. The Hall–Kier alpha value is -1.40. The molecule has 0 aromatic carbocycles. The quantitative estimate of drug-likeness (QED) is 0.736. The first-order valence-electron chi connectivity index (χ1n) is 6.96. The summed E-state index contributed by atoms with van der Waals surface area (Å²) in [5, 5.41) is 0. The third kappa shape index (κ3) is 3.83.